The molecule has 140 valence electrons. The van der Waals surface area contributed by atoms with Crippen LogP contribution in [0.2, 0.25) is 0 Å². The maximum absolute atomic E-state index is 13.6. The molecule has 4 heteroatoms. The molecule has 0 amide bonds. The summed E-state index contributed by atoms with van der Waals surface area (Å²) in [6, 6.07) is 12.4. The third kappa shape index (κ3) is 3.58. The molecule has 1 fully saturated rings. The summed E-state index contributed by atoms with van der Waals surface area (Å²) in [7, 11) is -3.50. The number of nitrogens with zero attached hydrogens (tertiary/aromatic N) is 1. The molecule has 1 aliphatic heterocycles. The maximum Gasteiger partial charge on any atom is 0.243 e. The molecule has 2 aromatic rings. The first-order valence-corrected chi connectivity index (χ1v) is 10.9. The molecule has 0 bridgehead atoms. The molecule has 1 aliphatic rings. The molecule has 0 N–H and O–H groups in total. The van der Waals surface area contributed by atoms with Gasteiger partial charge >= 0.3 is 0 Å². The molecule has 0 spiro atoms. The number of hydrogen-bond acceptors (Lipinski definition) is 2. The van der Waals surface area contributed by atoms with Gasteiger partial charge in [-0.2, -0.15) is 4.31 Å². The fourth-order valence-corrected chi connectivity index (χ4v) is 6.12. The quantitative estimate of drug-likeness (QED) is 0.771. The van der Waals surface area contributed by atoms with Crippen molar-refractivity contribution in [2.45, 2.75) is 57.8 Å². The first-order chi connectivity index (χ1) is 12.3. The summed E-state index contributed by atoms with van der Waals surface area (Å²) in [5.41, 5.74) is 5.09. The first kappa shape index (κ1) is 19.1. The van der Waals surface area contributed by atoms with Gasteiger partial charge in [0.05, 0.1) is 4.90 Å². The van der Waals surface area contributed by atoms with Gasteiger partial charge in [0.25, 0.3) is 0 Å². The summed E-state index contributed by atoms with van der Waals surface area (Å²) in [5, 5.41) is 0. The monoisotopic (exact) mass is 371 g/mol. The molecular formula is C22H29NO2S. The standard InChI is InChI=1S/C22H29NO2S/c1-16-14-17(2)19(4)22(18(16)3)26(24,25)23-13-9-8-12-21(15-23)20-10-6-5-7-11-20/h5-7,10-11,14,21H,8-9,12-13,15H2,1-4H3. The van der Waals surface area contributed by atoms with E-state index in [0.29, 0.717) is 18.0 Å². The molecule has 26 heavy (non-hydrogen) atoms. The topological polar surface area (TPSA) is 37.4 Å². The Kier molecular flexibility index (Phi) is 5.54. The van der Waals surface area contributed by atoms with Crippen molar-refractivity contribution in [3.8, 4) is 0 Å². The van der Waals surface area contributed by atoms with Crippen molar-refractivity contribution in [3.05, 3.63) is 64.2 Å². The lowest BCUT2D eigenvalue weighted by Crippen LogP contribution is -2.35. The molecule has 1 atom stereocenters. The SMILES string of the molecule is Cc1cc(C)c(C)c(S(=O)(=O)N2CCCCC(c3ccccc3)C2)c1C. The predicted molar refractivity (Wildman–Crippen MR) is 107 cm³/mol. The molecule has 3 nitrogen and oxygen atoms in total. The van der Waals surface area contributed by atoms with Crippen molar-refractivity contribution >= 4 is 10.0 Å². The van der Waals surface area contributed by atoms with Crippen LogP contribution in [0.4, 0.5) is 0 Å². The van der Waals surface area contributed by atoms with Gasteiger partial charge in [0.2, 0.25) is 10.0 Å². The summed E-state index contributed by atoms with van der Waals surface area (Å²) < 4.78 is 28.9. The van der Waals surface area contributed by atoms with Gasteiger partial charge in [-0.1, -0.05) is 42.8 Å². The van der Waals surface area contributed by atoms with Crippen molar-refractivity contribution in [2.75, 3.05) is 13.1 Å². The summed E-state index contributed by atoms with van der Waals surface area (Å²) >= 11 is 0. The van der Waals surface area contributed by atoms with Gasteiger partial charge in [-0.15, -0.1) is 0 Å². The Morgan fingerprint density at radius 1 is 0.923 bits per heavy atom. The predicted octanol–water partition coefficient (Wildman–Crippen LogP) is 4.88. The minimum atomic E-state index is -3.50. The molecule has 1 unspecified atom stereocenters. The van der Waals surface area contributed by atoms with Gasteiger partial charge in [-0.05, 0) is 74.3 Å². The number of benzene rings is 2. The van der Waals surface area contributed by atoms with Crippen LogP contribution < -0.4 is 0 Å². The van der Waals surface area contributed by atoms with E-state index < -0.39 is 10.0 Å². The normalized spacial score (nSPS) is 19.3. The highest BCUT2D eigenvalue weighted by Crippen LogP contribution is 2.33. The van der Waals surface area contributed by atoms with Crippen molar-refractivity contribution in [1.82, 2.24) is 4.31 Å². The summed E-state index contributed by atoms with van der Waals surface area (Å²) in [5.74, 6) is 0.264. The van der Waals surface area contributed by atoms with E-state index in [-0.39, 0.29) is 5.92 Å². The minimum Gasteiger partial charge on any atom is -0.207 e. The molecule has 3 rings (SSSR count). The number of rotatable bonds is 3. The summed E-state index contributed by atoms with van der Waals surface area (Å²) in [6.45, 7) is 9.03. The van der Waals surface area contributed by atoms with E-state index in [0.717, 1.165) is 41.5 Å². The highest BCUT2D eigenvalue weighted by molar-refractivity contribution is 7.89. The van der Waals surface area contributed by atoms with Gasteiger partial charge < -0.3 is 0 Å². The van der Waals surface area contributed by atoms with Crippen molar-refractivity contribution < 1.29 is 8.42 Å². The van der Waals surface area contributed by atoms with E-state index in [1.54, 1.807) is 4.31 Å². The Bertz CT molecular complexity index is 862. The highest BCUT2D eigenvalue weighted by atomic mass is 32.2. The van der Waals surface area contributed by atoms with Gasteiger partial charge in [0.1, 0.15) is 0 Å². The third-order valence-electron chi connectivity index (χ3n) is 5.80. The zero-order valence-electron chi connectivity index (χ0n) is 16.2. The fourth-order valence-electron chi connectivity index (χ4n) is 4.02. The Hall–Kier alpha value is -1.65. The molecular weight excluding hydrogens is 342 g/mol. The largest absolute Gasteiger partial charge is 0.243 e. The van der Waals surface area contributed by atoms with E-state index in [1.165, 1.54) is 5.56 Å². The Morgan fingerprint density at radius 3 is 2.15 bits per heavy atom. The average molecular weight is 372 g/mol. The fraction of sp³-hybridized carbons (Fsp3) is 0.455. The van der Waals surface area contributed by atoms with Crippen LogP contribution in [0.15, 0.2) is 41.3 Å². The van der Waals surface area contributed by atoms with E-state index in [9.17, 15) is 8.42 Å². The Morgan fingerprint density at radius 2 is 1.54 bits per heavy atom. The number of sulfonamides is 1. The molecule has 0 aromatic heterocycles. The van der Waals surface area contributed by atoms with Crippen LogP contribution in [0.3, 0.4) is 0 Å². The second-order valence-corrected chi connectivity index (χ2v) is 9.43. The van der Waals surface area contributed by atoms with E-state index in [4.69, 9.17) is 0 Å². The van der Waals surface area contributed by atoms with Crippen molar-refractivity contribution in [1.29, 1.82) is 0 Å². The van der Waals surface area contributed by atoms with Crippen LogP contribution >= 0.6 is 0 Å². The smallest absolute Gasteiger partial charge is 0.207 e. The van der Waals surface area contributed by atoms with Crippen LogP contribution in [0.5, 0.6) is 0 Å². The zero-order valence-corrected chi connectivity index (χ0v) is 17.1. The van der Waals surface area contributed by atoms with E-state index in [2.05, 4.69) is 18.2 Å². The van der Waals surface area contributed by atoms with Crippen LogP contribution in [0.1, 0.15) is 53.0 Å². The van der Waals surface area contributed by atoms with Gasteiger partial charge in [-0.25, -0.2) is 8.42 Å². The number of aryl methyl sites for hydroxylation is 2. The van der Waals surface area contributed by atoms with Crippen molar-refractivity contribution in [2.24, 2.45) is 0 Å². The summed E-state index contributed by atoms with van der Waals surface area (Å²) in [4.78, 5) is 0.517. The van der Waals surface area contributed by atoms with Crippen LogP contribution in [0.25, 0.3) is 0 Å². The Balaban J connectivity index is 2.01. The van der Waals surface area contributed by atoms with Crippen molar-refractivity contribution in [3.63, 3.8) is 0 Å². The van der Waals surface area contributed by atoms with Gasteiger partial charge in [0, 0.05) is 13.1 Å². The molecule has 0 aliphatic carbocycles. The maximum atomic E-state index is 13.6. The van der Waals surface area contributed by atoms with E-state index >= 15 is 0 Å². The summed E-state index contributed by atoms with van der Waals surface area (Å²) in [6.07, 6.45) is 3.03. The average Bonchev–Trinajstić information content (AvgIpc) is 2.88. The van der Waals surface area contributed by atoms with Crippen LogP contribution in [-0.2, 0) is 10.0 Å². The minimum absolute atomic E-state index is 0.264. The third-order valence-corrected chi connectivity index (χ3v) is 7.94. The number of hydrogen-bond donors (Lipinski definition) is 0. The lowest BCUT2D eigenvalue weighted by atomic mass is 9.95. The Labute approximate surface area is 158 Å². The second-order valence-electron chi connectivity index (χ2n) is 7.56. The second kappa shape index (κ2) is 7.53. The lowest BCUT2D eigenvalue weighted by molar-refractivity contribution is 0.405. The molecule has 1 saturated heterocycles. The lowest BCUT2D eigenvalue weighted by Gasteiger charge is -2.27. The van der Waals surface area contributed by atoms with Gasteiger partial charge in [-0.3, -0.25) is 0 Å². The molecule has 0 radical (unpaired) electrons. The van der Waals surface area contributed by atoms with E-state index in [1.807, 2.05) is 45.9 Å². The van der Waals surface area contributed by atoms with Crippen LogP contribution in [0, 0.1) is 27.7 Å². The molecule has 0 saturated carbocycles. The first-order valence-electron chi connectivity index (χ1n) is 9.45. The molecule has 1 heterocycles. The van der Waals surface area contributed by atoms with Crippen LogP contribution in [-0.4, -0.2) is 25.8 Å². The molecule has 2 aromatic carbocycles. The zero-order chi connectivity index (χ0) is 18.9. The van der Waals surface area contributed by atoms with Gasteiger partial charge in [0.15, 0.2) is 0 Å². The highest BCUT2D eigenvalue weighted by Gasteiger charge is 2.32.